The number of nitrogens with one attached hydrogen (secondary N) is 1. The summed E-state index contributed by atoms with van der Waals surface area (Å²) >= 11 is 0. The minimum atomic E-state index is -4.56. The Morgan fingerprint density at radius 3 is 2.60 bits per heavy atom. The van der Waals surface area contributed by atoms with Crippen molar-refractivity contribution in [2.45, 2.75) is 25.6 Å². The first-order valence-electron chi connectivity index (χ1n) is 10.6. The molecule has 0 saturated heterocycles. The van der Waals surface area contributed by atoms with Gasteiger partial charge in [-0.3, -0.25) is 9.20 Å². The average Bonchev–Trinajstić information content (AvgIpc) is 3.19. The fraction of sp³-hybridized carbons (Fsp3) is 0.391. The number of alkyl halides is 5. The van der Waals surface area contributed by atoms with Crippen LogP contribution in [0.2, 0.25) is 0 Å². The van der Waals surface area contributed by atoms with Gasteiger partial charge >= 0.3 is 12.8 Å². The van der Waals surface area contributed by atoms with E-state index in [0.29, 0.717) is 29.3 Å². The number of anilines is 1. The zero-order chi connectivity index (χ0) is 25.8. The Morgan fingerprint density at radius 2 is 1.97 bits per heavy atom. The number of nitrogens with zero attached hydrogens (tertiary/aromatic N) is 3. The zero-order valence-corrected chi connectivity index (χ0v) is 19.3. The molecule has 0 bridgehead atoms. The number of imidazole rings is 1. The van der Waals surface area contributed by atoms with Gasteiger partial charge in [0.2, 0.25) is 0 Å². The number of hydrogen-bond acceptors (Lipinski definition) is 6. The van der Waals surface area contributed by atoms with Crippen molar-refractivity contribution in [1.29, 1.82) is 0 Å². The molecule has 0 spiro atoms. The van der Waals surface area contributed by atoms with Crippen LogP contribution in [-0.2, 0) is 0 Å². The summed E-state index contributed by atoms with van der Waals surface area (Å²) in [4.78, 5) is 18.9. The van der Waals surface area contributed by atoms with Gasteiger partial charge in [0, 0.05) is 43.5 Å². The molecule has 0 amide bonds. The van der Waals surface area contributed by atoms with Gasteiger partial charge in [-0.1, -0.05) is 0 Å². The van der Waals surface area contributed by atoms with E-state index in [1.165, 1.54) is 25.4 Å². The van der Waals surface area contributed by atoms with E-state index in [0.717, 1.165) is 6.54 Å². The van der Waals surface area contributed by atoms with Gasteiger partial charge in [0.25, 0.3) is 0 Å². The number of carbonyl (C=O) groups is 1. The number of likely N-dealkylation sites (N-methyl/N-ethyl adjacent to an activating group) is 1. The molecule has 0 aliphatic rings. The lowest BCUT2D eigenvalue weighted by molar-refractivity contribution is -0.133. The Labute approximate surface area is 198 Å². The highest BCUT2D eigenvalue weighted by Gasteiger charge is 2.30. The predicted molar refractivity (Wildman–Crippen MR) is 120 cm³/mol. The first kappa shape index (κ1) is 26.2. The van der Waals surface area contributed by atoms with Crippen LogP contribution in [-0.4, -0.2) is 67.2 Å². The minimum Gasteiger partial charge on any atom is -0.492 e. The molecular weight excluding hydrogens is 475 g/mol. The number of fused-ring (bicyclic) bond motifs is 1. The summed E-state index contributed by atoms with van der Waals surface area (Å²) in [6.07, 6.45) is -3.64. The second-order valence-electron chi connectivity index (χ2n) is 7.95. The van der Waals surface area contributed by atoms with Crippen molar-refractivity contribution >= 4 is 17.1 Å². The van der Waals surface area contributed by atoms with Gasteiger partial charge in [0.05, 0.1) is 23.9 Å². The molecule has 3 aromatic rings. The Morgan fingerprint density at radius 1 is 1.23 bits per heavy atom. The Balaban J connectivity index is 1.99. The van der Waals surface area contributed by atoms with Crippen LogP contribution in [0.3, 0.4) is 0 Å². The summed E-state index contributed by atoms with van der Waals surface area (Å²) in [5, 5.41) is 2.70. The zero-order valence-electron chi connectivity index (χ0n) is 19.3. The first-order valence-corrected chi connectivity index (χ1v) is 10.6. The minimum absolute atomic E-state index is 0.0592. The summed E-state index contributed by atoms with van der Waals surface area (Å²) in [7, 11) is 5.28. The second-order valence-corrected chi connectivity index (χ2v) is 7.95. The van der Waals surface area contributed by atoms with Crippen molar-refractivity contribution in [2.24, 2.45) is 0 Å². The molecular formula is C23H25F5N4O3. The van der Waals surface area contributed by atoms with Crippen molar-refractivity contribution in [3.63, 3.8) is 0 Å². The van der Waals surface area contributed by atoms with Gasteiger partial charge in [-0.25, -0.2) is 4.98 Å². The van der Waals surface area contributed by atoms with Crippen molar-refractivity contribution in [1.82, 2.24) is 14.3 Å². The van der Waals surface area contributed by atoms with Gasteiger partial charge in [0.1, 0.15) is 23.8 Å². The van der Waals surface area contributed by atoms with Gasteiger partial charge in [-0.2, -0.15) is 22.0 Å². The van der Waals surface area contributed by atoms with Crippen molar-refractivity contribution < 1.29 is 36.2 Å². The number of hydrogen-bond donors (Lipinski definition) is 1. The first-order chi connectivity index (χ1) is 16.5. The maximum atomic E-state index is 13.1. The third-order valence-electron chi connectivity index (χ3n) is 5.09. The molecule has 12 heteroatoms. The number of benzene rings is 1. The maximum Gasteiger partial charge on any atom is 0.389 e. The summed E-state index contributed by atoms with van der Waals surface area (Å²) in [5.74, 6) is -0.890. The number of carbonyl (C=O) groups excluding carboxylic acids is 1. The highest BCUT2D eigenvalue weighted by atomic mass is 19.4. The van der Waals surface area contributed by atoms with Crippen LogP contribution >= 0.6 is 0 Å². The summed E-state index contributed by atoms with van der Waals surface area (Å²) in [6, 6.07) is 6.10. The van der Waals surface area contributed by atoms with Gasteiger partial charge < -0.3 is 19.7 Å². The normalized spacial score (nSPS) is 11.9. The topological polar surface area (TPSA) is 68.1 Å². The second kappa shape index (κ2) is 10.9. The molecule has 0 fully saturated rings. The highest BCUT2D eigenvalue weighted by molar-refractivity contribution is 6.04. The van der Waals surface area contributed by atoms with E-state index >= 15 is 0 Å². The molecule has 1 aromatic carbocycles. The molecule has 190 valence electrons. The molecule has 0 radical (unpaired) electrons. The molecule has 1 N–H and O–H groups in total. The fourth-order valence-electron chi connectivity index (χ4n) is 3.43. The molecule has 0 aliphatic carbocycles. The van der Waals surface area contributed by atoms with Crippen molar-refractivity contribution in [2.75, 3.05) is 39.6 Å². The summed E-state index contributed by atoms with van der Waals surface area (Å²) < 4.78 is 76.0. The van der Waals surface area contributed by atoms with Crippen LogP contribution in [0, 0.1) is 0 Å². The number of Topliss-reactive ketones (excluding diaryl/α,β-unsaturated/α-hetero) is 1. The maximum absolute atomic E-state index is 13.1. The lowest BCUT2D eigenvalue weighted by Crippen LogP contribution is -2.19. The van der Waals surface area contributed by atoms with Crippen molar-refractivity contribution in [3.05, 3.63) is 42.2 Å². The van der Waals surface area contributed by atoms with E-state index in [1.54, 1.807) is 22.7 Å². The lowest BCUT2D eigenvalue weighted by Gasteiger charge is -2.17. The summed E-state index contributed by atoms with van der Waals surface area (Å²) in [6.45, 7) is -2.09. The fourth-order valence-corrected chi connectivity index (χ4v) is 3.43. The van der Waals surface area contributed by atoms with Crippen LogP contribution in [0.5, 0.6) is 11.5 Å². The lowest BCUT2D eigenvalue weighted by atomic mass is 9.99. The third kappa shape index (κ3) is 6.81. The van der Waals surface area contributed by atoms with Crippen LogP contribution in [0.1, 0.15) is 23.2 Å². The largest absolute Gasteiger partial charge is 0.492 e. The van der Waals surface area contributed by atoms with Crippen LogP contribution in [0.15, 0.2) is 36.7 Å². The Kier molecular flexibility index (Phi) is 8.15. The van der Waals surface area contributed by atoms with Crippen LogP contribution in [0.25, 0.3) is 16.9 Å². The monoisotopic (exact) mass is 500 g/mol. The van der Waals surface area contributed by atoms with E-state index in [-0.39, 0.29) is 11.3 Å². The highest BCUT2D eigenvalue weighted by Crippen LogP contribution is 2.37. The van der Waals surface area contributed by atoms with Crippen LogP contribution in [0.4, 0.5) is 27.6 Å². The third-order valence-corrected chi connectivity index (χ3v) is 5.09. The molecule has 7 nitrogen and oxygen atoms in total. The van der Waals surface area contributed by atoms with E-state index in [1.807, 2.05) is 19.0 Å². The van der Waals surface area contributed by atoms with Gasteiger partial charge in [0.15, 0.2) is 5.78 Å². The quantitative estimate of drug-likeness (QED) is 0.292. The summed E-state index contributed by atoms with van der Waals surface area (Å²) in [5.41, 5.74) is 1.07. The number of ether oxygens (including phenoxy) is 2. The van der Waals surface area contributed by atoms with E-state index < -0.39 is 37.2 Å². The van der Waals surface area contributed by atoms with E-state index in [2.05, 4.69) is 15.0 Å². The molecule has 35 heavy (non-hydrogen) atoms. The van der Waals surface area contributed by atoms with Crippen molar-refractivity contribution in [3.8, 4) is 22.8 Å². The average molecular weight is 500 g/mol. The molecule has 0 saturated carbocycles. The molecule has 0 atom stereocenters. The number of ketones is 1. The van der Waals surface area contributed by atoms with Gasteiger partial charge in [-0.05, 0) is 32.3 Å². The molecule has 2 aromatic heterocycles. The van der Waals surface area contributed by atoms with Crippen LogP contribution < -0.4 is 14.8 Å². The smallest absolute Gasteiger partial charge is 0.389 e. The Bertz CT molecular complexity index is 1180. The SMILES string of the molecule is CNc1cc(-c2cnc3cc(OCCN(C)C)ccn23)cc(OC(F)F)c1C(=O)CCC(F)(F)F. The predicted octanol–water partition coefficient (Wildman–Crippen LogP) is 5.11. The molecule has 3 rings (SSSR count). The number of halogens is 5. The van der Waals surface area contributed by atoms with Gasteiger partial charge in [-0.15, -0.1) is 0 Å². The van der Waals surface area contributed by atoms with E-state index in [4.69, 9.17) is 4.74 Å². The van der Waals surface area contributed by atoms with E-state index in [9.17, 15) is 26.7 Å². The standard InChI is InChI=1S/C23H25F5N4O3/c1-29-16-10-14(11-19(35-22(24)25)21(16)18(33)4-6-23(26,27)28)17-13-30-20-12-15(5-7-32(17)20)34-9-8-31(2)3/h5,7,10-13,22,29H,4,6,8-9H2,1-3H3. The molecule has 0 unspecified atom stereocenters. The number of aromatic nitrogens is 2. The number of pyridine rings is 1. The molecule has 0 aliphatic heterocycles. The Hall–Kier alpha value is -3.41. The molecule has 2 heterocycles. The number of rotatable bonds is 11.